The van der Waals surface area contributed by atoms with Gasteiger partial charge in [0.05, 0.1) is 11.5 Å². The first-order valence-electron chi connectivity index (χ1n) is 14.0. The van der Waals surface area contributed by atoms with E-state index in [-0.39, 0.29) is 24.3 Å². The summed E-state index contributed by atoms with van der Waals surface area (Å²) in [5.41, 5.74) is 0.482. The zero-order chi connectivity index (χ0) is 30.0. The minimum Gasteiger partial charge on any atom is -0.356 e. The number of amides is 2. The number of rotatable bonds is 7. The second-order valence-corrected chi connectivity index (χ2v) is 12.5. The first-order chi connectivity index (χ1) is 18.4. The number of carbonyl (C=O) groups is 2. The van der Waals surface area contributed by atoms with E-state index in [2.05, 4.69) is 39.3 Å². The summed E-state index contributed by atoms with van der Waals surface area (Å²) in [6.45, 7) is 17.7. The van der Waals surface area contributed by atoms with Crippen LogP contribution < -0.4 is 5.32 Å². The largest absolute Gasteiger partial charge is 0.356 e. The van der Waals surface area contributed by atoms with E-state index in [9.17, 15) is 9.59 Å². The molecule has 0 radical (unpaired) electrons. The maximum atomic E-state index is 13.3. The van der Waals surface area contributed by atoms with Crippen LogP contribution in [-0.4, -0.2) is 41.3 Å². The van der Waals surface area contributed by atoms with E-state index in [1.165, 1.54) is 0 Å². The SMILES string of the molecule is CC.CCNC(=O)C[C@@]1(C)CCC(c2ccc(Cl)cc2)N(CC(C)C)C1=O.CSC(C)C.Clc1ccccc1. The van der Waals surface area contributed by atoms with Gasteiger partial charge in [0.2, 0.25) is 11.8 Å². The Hall–Kier alpha value is -1.69. The average molecular weight is 598 g/mol. The lowest BCUT2D eigenvalue weighted by molar-refractivity contribution is -0.153. The second-order valence-electron chi connectivity index (χ2n) is 10.2. The maximum absolute atomic E-state index is 13.3. The normalized spacial score (nSPS) is 18.2. The molecule has 1 unspecified atom stereocenters. The van der Waals surface area contributed by atoms with Crippen LogP contribution in [0.15, 0.2) is 54.6 Å². The van der Waals surface area contributed by atoms with Gasteiger partial charge in [0.1, 0.15) is 0 Å². The van der Waals surface area contributed by atoms with Gasteiger partial charge in [-0.2, -0.15) is 11.8 Å². The van der Waals surface area contributed by atoms with Crippen LogP contribution in [0.4, 0.5) is 0 Å². The molecule has 1 saturated heterocycles. The predicted octanol–water partition coefficient (Wildman–Crippen LogP) is 9.32. The highest BCUT2D eigenvalue weighted by Crippen LogP contribution is 2.43. The monoisotopic (exact) mass is 596 g/mol. The van der Waals surface area contributed by atoms with Crippen LogP contribution in [-0.2, 0) is 9.59 Å². The first kappa shape index (κ1) is 37.3. The van der Waals surface area contributed by atoms with Crippen LogP contribution in [0.1, 0.15) is 86.3 Å². The molecule has 0 aliphatic carbocycles. The molecule has 2 atom stereocenters. The van der Waals surface area contributed by atoms with Crippen molar-refractivity contribution in [3.8, 4) is 0 Å². The van der Waals surface area contributed by atoms with Gasteiger partial charge in [-0.25, -0.2) is 0 Å². The van der Waals surface area contributed by atoms with E-state index in [0.29, 0.717) is 30.5 Å². The fourth-order valence-corrected chi connectivity index (χ4v) is 4.31. The lowest BCUT2D eigenvalue weighted by atomic mass is 9.74. The van der Waals surface area contributed by atoms with Gasteiger partial charge in [-0.15, -0.1) is 0 Å². The molecule has 3 rings (SSSR count). The number of hydrogen-bond donors (Lipinski definition) is 1. The summed E-state index contributed by atoms with van der Waals surface area (Å²) >= 11 is 13.4. The molecule has 2 aromatic carbocycles. The number of carbonyl (C=O) groups excluding carboxylic acids is 2. The van der Waals surface area contributed by atoms with Gasteiger partial charge in [-0.05, 0) is 67.0 Å². The minimum absolute atomic E-state index is 0.0483. The van der Waals surface area contributed by atoms with Crippen molar-refractivity contribution < 1.29 is 9.59 Å². The van der Waals surface area contributed by atoms with E-state index in [1.54, 1.807) is 0 Å². The molecule has 0 saturated carbocycles. The smallest absolute Gasteiger partial charge is 0.229 e. The Bertz CT molecular complexity index is 939. The number of nitrogens with one attached hydrogen (secondary N) is 1. The number of hydrogen-bond acceptors (Lipinski definition) is 3. The highest BCUT2D eigenvalue weighted by atomic mass is 35.5. The third-order valence-electron chi connectivity index (χ3n) is 6.07. The van der Waals surface area contributed by atoms with Gasteiger partial charge in [0.15, 0.2) is 0 Å². The highest BCUT2D eigenvalue weighted by molar-refractivity contribution is 7.99. The Morgan fingerprint density at radius 3 is 1.95 bits per heavy atom. The van der Waals surface area contributed by atoms with Crippen molar-refractivity contribution in [2.24, 2.45) is 11.3 Å². The molecular formula is C32H50Cl2N2O2S. The summed E-state index contributed by atoms with van der Waals surface area (Å²) in [4.78, 5) is 27.3. The minimum atomic E-state index is -0.628. The van der Waals surface area contributed by atoms with Crippen LogP contribution in [0, 0.1) is 11.3 Å². The lowest BCUT2D eigenvalue weighted by Gasteiger charge is -2.45. The Balaban J connectivity index is 0.000000844. The molecule has 1 aliphatic heterocycles. The van der Waals surface area contributed by atoms with Crippen molar-refractivity contribution in [1.29, 1.82) is 0 Å². The van der Waals surface area contributed by atoms with E-state index in [4.69, 9.17) is 23.2 Å². The average Bonchev–Trinajstić information content (AvgIpc) is 2.90. The fourth-order valence-electron chi connectivity index (χ4n) is 4.03. The molecule has 2 aromatic rings. The summed E-state index contributed by atoms with van der Waals surface area (Å²) in [6, 6.07) is 17.2. The van der Waals surface area contributed by atoms with E-state index in [0.717, 1.165) is 22.3 Å². The van der Waals surface area contributed by atoms with Gasteiger partial charge < -0.3 is 10.2 Å². The Kier molecular flexibility index (Phi) is 19.3. The predicted molar refractivity (Wildman–Crippen MR) is 173 cm³/mol. The molecule has 1 aliphatic rings. The van der Waals surface area contributed by atoms with Crippen molar-refractivity contribution in [3.05, 3.63) is 70.2 Å². The Morgan fingerprint density at radius 1 is 1.03 bits per heavy atom. The first-order valence-corrected chi connectivity index (χ1v) is 16.0. The fraction of sp³-hybridized carbons (Fsp3) is 0.562. The van der Waals surface area contributed by atoms with Crippen LogP contribution >= 0.6 is 35.0 Å². The van der Waals surface area contributed by atoms with Gasteiger partial charge in [-0.1, -0.05) is 102 Å². The third-order valence-corrected chi connectivity index (χ3v) is 7.52. The molecule has 1 N–H and O–H groups in total. The van der Waals surface area contributed by atoms with Gasteiger partial charge in [0.25, 0.3) is 0 Å². The topological polar surface area (TPSA) is 49.4 Å². The van der Waals surface area contributed by atoms with Crippen molar-refractivity contribution in [2.45, 2.75) is 85.9 Å². The Labute approximate surface area is 252 Å². The molecular weight excluding hydrogens is 547 g/mol. The Morgan fingerprint density at radius 2 is 1.54 bits per heavy atom. The molecule has 1 fully saturated rings. The number of nitrogens with zero attached hydrogens (tertiary/aromatic N) is 1. The zero-order valence-corrected chi connectivity index (χ0v) is 27.7. The van der Waals surface area contributed by atoms with E-state index >= 15 is 0 Å². The van der Waals surface area contributed by atoms with Crippen molar-refractivity contribution in [3.63, 3.8) is 0 Å². The second kappa shape index (κ2) is 20.2. The molecule has 220 valence electrons. The summed E-state index contributed by atoms with van der Waals surface area (Å²) in [5.74, 6) is 0.400. The van der Waals surface area contributed by atoms with Gasteiger partial charge in [0, 0.05) is 29.6 Å². The van der Waals surface area contributed by atoms with Gasteiger partial charge in [-0.3, -0.25) is 9.59 Å². The van der Waals surface area contributed by atoms with Crippen molar-refractivity contribution in [1.82, 2.24) is 10.2 Å². The van der Waals surface area contributed by atoms with Crippen LogP contribution in [0.5, 0.6) is 0 Å². The van der Waals surface area contributed by atoms with Crippen LogP contribution in [0.2, 0.25) is 10.0 Å². The number of thioether (sulfide) groups is 1. The number of piperidine rings is 1. The molecule has 0 spiro atoms. The summed E-state index contributed by atoms with van der Waals surface area (Å²) in [7, 11) is 0. The summed E-state index contributed by atoms with van der Waals surface area (Å²) < 4.78 is 0. The molecule has 4 nitrogen and oxygen atoms in total. The molecule has 1 heterocycles. The lowest BCUT2D eigenvalue weighted by Crippen LogP contribution is -2.51. The number of likely N-dealkylation sites (tertiary alicyclic amines) is 1. The quantitative estimate of drug-likeness (QED) is 0.346. The number of benzene rings is 2. The zero-order valence-electron chi connectivity index (χ0n) is 25.4. The molecule has 39 heavy (non-hydrogen) atoms. The van der Waals surface area contributed by atoms with Crippen molar-refractivity contribution >= 4 is 46.8 Å². The van der Waals surface area contributed by atoms with E-state index < -0.39 is 5.41 Å². The van der Waals surface area contributed by atoms with Crippen molar-refractivity contribution in [2.75, 3.05) is 19.3 Å². The highest BCUT2D eigenvalue weighted by Gasteiger charge is 2.45. The van der Waals surface area contributed by atoms with Crippen LogP contribution in [0.3, 0.4) is 0 Å². The molecule has 0 bridgehead atoms. The maximum Gasteiger partial charge on any atom is 0.229 e. The molecule has 7 heteroatoms. The molecule has 2 amide bonds. The number of halogens is 2. The third kappa shape index (κ3) is 14.5. The summed E-state index contributed by atoms with van der Waals surface area (Å²) in [5, 5.41) is 5.11. The standard InChI is InChI=1S/C20H29ClN2O2.C6H5Cl.C4H10S.C2H6/c1-5-22-18(24)12-20(4)11-10-17(15-6-8-16(21)9-7-15)23(19(20)25)13-14(2)3;7-6-4-2-1-3-5-6;1-4(2)5-3;1-2/h6-9,14,17H,5,10-13H2,1-4H3,(H,22,24);1-5H;4H,1-3H3;1-2H3/t17?,20-;;;/m1.../s1. The van der Waals surface area contributed by atoms with Crippen LogP contribution in [0.25, 0.3) is 0 Å². The van der Waals surface area contributed by atoms with Gasteiger partial charge >= 0.3 is 0 Å². The van der Waals surface area contributed by atoms with E-state index in [1.807, 2.05) is 99.0 Å². The summed E-state index contributed by atoms with van der Waals surface area (Å²) in [6.07, 6.45) is 3.94. The molecule has 0 aromatic heterocycles.